The Balaban J connectivity index is 1.34. The molecule has 2 aromatic carbocycles. The normalized spacial score (nSPS) is 16.2. The topological polar surface area (TPSA) is 122 Å². The third kappa shape index (κ3) is 4.68. The molecule has 1 unspecified atom stereocenters. The number of carbonyl (C=O) groups is 5. The van der Waals surface area contributed by atoms with Crippen LogP contribution >= 0.6 is 0 Å². The number of para-hydroxylation sites is 1. The van der Waals surface area contributed by atoms with Crippen molar-refractivity contribution < 1.29 is 28.7 Å². The van der Waals surface area contributed by atoms with Crippen LogP contribution in [0, 0.1) is 0 Å². The number of hydrogen-bond donors (Lipinski definition) is 2. The summed E-state index contributed by atoms with van der Waals surface area (Å²) in [7, 11) is 0. The molecule has 1 fully saturated rings. The lowest BCUT2D eigenvalue weighted by molar-refractivity contribution is -0.150. The van der Waals surface area contributed by atoms with Crippen molar-refractivity contribution in [1.29, 1.82) is 0 Å². The maximum atomic E-state index is 12.6. The van der Waals surface area contributed by atoms with Gasteiger partial charge in [-0.25, -0.2) is 4.79 Å². The molecule has 0 bridgehead atoms. The number of hydrogen-bond acceptors (Lipinski definition) is 6. The zero-order valence-corrected chi connectivity index (χ0v) is 18.7. The van der Waals surface area contributed by atoms with Crippen LogP contribution in [0.5, 0.6) is 0 Å². The van der Waals surface area contributed by atoms with E-state index < -0.39 is 36.3 Å². The molecule has 1 saturated carbocycles. The zero-order chi connectivity index (χ0) is 24.2. The third-order valence-corrected chi connectivity index (χ3v) is 6.04. The number of carbonyl (C=O) groups excluding carboxylic acids is 5. The van der Waals surface area contributed by atoms with Gasteiger partial charge in [-0.3, -0.25) is 24.1 Å². The molecule has 176 valence electrons. The first kappa shape index (κ1) is 23.2. The van der Waals surface area contributed by atoms with Gasteiger partial charge in [0, 0.05) is 6.04 Å². The van der Waals surface area contributed by atoms with Gasteiger partial charge < -0.3 is 15.4 Å². The average molecular weight is 463 g/mol. The Kier molecular flexibility index (Phi) is 6.72. The molecule has 1 atom stereocenters. The number of rotatable bonds is 7. The molecular formula is C25H25N3O6. The second-order valence-corrected chi connectivity index (χ2v) is 8.36. The van der Waals surface area contributed by atoms with Gasteiger partial charge in [0.1, 0.15) is 6.04 Å². The summed E-state index contributed by atoms with van der Waals surface area (Å²) in [6.45, 7) is 0.732. The third-order valence-electron chi connectivity index (χ3n) is 6.04. The molecular weight excluding hydrogens is 438 g/mol. The van der Waals surface area contributed by atoms with Crippen molar-refractivity contribution >= 4 is 35.3 Å². The maximum absolute atomic E-state index is 12.6. The molecule has 0 spiro atoms. The van der Waals surface area contributed by atoms with E-state index in [0.29, 0.717) is 11.3 Å². The lowest BCUT2D eigenvalue weighted by Crippen LogP contribution is -2.44. The highest BCUT2D eigenvalue weighted by atomic mass is 16.5. The molecule has 1 aliphatic carbocycles. The SMILES string of the molecule is CC(C(=O)OCC(=O)Nc1ccccc1C(=O)NC1CCCC1)N1C(=O)c2ccccc2C1=O. The fraction of sp³-hybridized carbons (Fsp3) is 0.320. The van der Waals surface area contributed by atoms with Crippen LogP contribution in [0.1, 0.15) is 63.7 Å². The van der Waals surface area contributed by atoms with E-state index in [0.717, 1.165) is 30.6 Å². The Morgan fingerprint density at radius 3 is 2.21 bits per heavy atom. The van der Waals surface area contributed by atoms with Gasteiger partial charge in [0.15, 0.2) is 6.61 Å². The van der Waals surface area contributed by atoms with Gasteiger partial charge in [-0.1, -0.05) is 37.1 Å². The molecule has 4 rings (SSSR count). The van der Waals surface area contributed by atoms with Crippen LogP contribution in [0.2, 0.25) is 0 Å². The summed E-state index contributed by atoms with van der Waals surface area (Å²) < 4.78 is 5.06. The van der Waals surface area contributed by atoms with Crippen LogP contribution < -0.4 is 10.6 Å². The number of amides is 4. The van der Waals surface area contributed by atoms with E-state index in [9.17, 15) is 24.0 Å². The Morgan fingerprint density at radius 2 is 1.56 bits per heavy atom. The molecule has 2 aromatic rings. The fourth-order valence-electron chi connectivity index (χ4n) is 4.23. The minimum absolute atomic E-state index is 0.126. The molecule has 2 aliphatic rings. The summed E-state index contributed by atoms with van der Waals surface area (Å²) in [6.07, 6.45) is 4.02. The molecule has 1 heterocycles. The Bertz CT molecular complexity index is 1120. The summed E-state index contributed by atoms with van der Waals surface area (Å²) in [6, 6.07) is 11.8. The molecule has 0 saturated heterocycles. The number of fused-ring (bicyclic) bond motifs is 1. The van der Waals surface area contributed by atoms with Crippen molar-refractivity contribution in [1.82, 2.24) is 10.2 Å². The van der Waals surface area contributed by atoms with Crippen molar-refractivity contribution in [3.8, 4) is 0 Å². The van der Waals surface area contributed by atoms with Gasteiger partial charge in [-0.05, 0) is 44.0 Å². The Morgan fingerprint density at radius 1 is 0.971 bits per heavy atom. The first-order chi connectivity index (χ1) is 16.4. The fourth-order valence-corrected chi connectivity index (χ4v) is 4.23. The standard InChI is InChI=1S/C25H25N3O6/c1-15(28-23(31)17-10-4-5-11-18(17)24(28)32)25(33)34-14-21(29)27-20-13-7-6-12-19(20)22(30)26-16-8-2-3-9-16/h4-7,10-13,15-16H,2-3,8-9,14H2,1H3,(H,26,30)(H,27,29). The van der Waals surface area contributed by atoms with Gasteiger partial charge in [0.05, 0.1) is 22.4 Å². The number of benzene rings is 2. The van der Waals surface area contributed by atoms with E-state index in [2.05, 4.69) is 10.6 Å². The number of esters is 1. The van der Waals surface area contributed by atoms with Crippen molar-refractivity contribution in [3.05, 3.63) is 65.2 Å². The van der Waals surface area contributed by atoms with Crippen molar-refractivity contribution in [2.24, 2.45) is 0 Å². The maximum Gasteiger partial charge on any atom is 0.329 e. The summed E-state index contributed by atoms with van der Waals surface area (Å²) in [5.41, 5.74) is 1.05. The van der Waals surface area contributed by atoms with Gasteiger partial charge in [0.25, 0.3) is 23.6 Å². The van der Waals surface area contributed by atoms with Crippen molar-refractivity contribution in [3.63, 3.8) is 0 Å². The number of nitrogens with one attached hydrogen (secondary N) is 2. The number of nitrogens with zero attached hydrogens (tertiary/aromatic N) is 1. The minimum Gasteiger partial charge on any atom is -0.454 e. The highest BCUT2D eigenvalue weighted by molar-refractivity contribution is 6.22. The summed E-state index contributed by atoms with van der Waals surface area (Å²) >= 11 is 0. The molecule has 0 radical (unpaired) electrons. The molecule has 2 N–H and O–H groups in total. The van der Waals surface area contributed by atoms with Crippen LogP contribution in [0.4, 0.5) is 5.69 Å². The van der Waals surface area contributed by atoms with E-state index in [1.54, 1.807) is 36.4 Å². The molecule has 0 aromatic heterocycles. The molecule has 34 heavy (non-hydrogen) atoms. The van der Waals surface area contributed by atoms with Gasteiger partial charge >= 0.3 is 5.97 Å². The Hall–Kier alpha value is -4.01. The monoisotopic (exact) mass is 463 g/mol. The van der Waals surface area contributed by atoms with Crippen molar-refractivity contribution in [2.45, 2.75) is 44.7 Å². The Labute approximate surface area is 196 Å². The first-order valence-electron chi connectivity index (χ1n) is 11.2. The van der Waals surface area contributed by atoms with Gasteiger partial charge in [0.2, 0.25) is 0 Å². The van der Waals surface area contributed by atoms with E-state index >= 15 is 0 Å². The quantitative estimate of drug-likeness (QED) is 0.481. The largest absolute Gasteiger partial charge is 0.454 e. The van der Waals surface area contributed by atoms with E-state index in [4.69, 9.17) is 4.74 Å². The smallest absolute Gasteiger partial charge is 0.329 e. The van der Waals surface area contributed by atoms with Crippen LogP contribution in [-0.2, 0) is 14.3 Å². The molecule has 4 amide bonds. The average Bonchev–Trinajstić information content (AvgIpc) is 3.43. The number of imide groups is 1. The second-order valence-electron chi connectivity index (χ2n) is 8.36. The van der Waals surface area contributed by atoms with Crippen LogP contribution in [0.3, 0.4) is 0 Å². The lowest BCUT2D eigenvalue weighted by atomic mass is 10.1. The minimum atomic E-state index is -1.20. The number of anilines is 1. The molecule has 1 aliphatic heterocycles. The second kappa shape index (κ2) is 9.86. The van der Waals surface area contributed by atoms with Crippen molar-refractivity contribution in [2.75, 3.05) is 11.9 Å². The molecule has 9 nitrogen and oxygen atoms in total. The highest BCUT2D eigenvalue weighted by Crippen LogP contribution is 2.25. The predicted octanol–water partition coefficient (Wildman–Crippen LogP) is 2.53. The summed E-state index contributed by atoms with van der Waals surface area (Å²) in [5, 5.41) is 5.56. The van der Waals surface area contributed by atoms with E-state index in [1.807, 2.05) is 0 Å². The van der Waals surface area contributed by atoms with Crippen LogP contribution in [-0.4, -0.2) is 53.2 Å². The number of ether oxygens (including phenoxy) is 1. The van der Waals surface area contributed by atoms with Crippen LogP contribution in [0.25, 0.3) is 0 Å². The molecule has 9 heteroatoms. The highest BCUT2D eigenvalue weighted by Gasteiger charge is 2.41. The van der Waals surface area contributed by atoms with Gasteiger partial charge in [-0.2, -0.15) is 0 Å². The van der Waals surface area contributed by atoms with E-state index in [-0.39, 0.29) is 23.1 Å². The summed E-state index contributed by atoms with van der Waals surface area (Å²) in [4.78, 5) is 63.5. The predicted molar refractivity (Wildman–Crippen MR) is 122 cm³/mol. The van der Waals surface area contributed by atoms with Crippen LogP contribution in [0.15, 0.2) is 48.5 Å². The van der Waals surface area contributed by atoms with Gasteiger partial charge in [-0.15, -0.1) is 0 Å². The first-order valence-corrected chi connectivity index (χ1v) is 11.2. The zero-order valence-electron chi connectivity index (χ0n) is 18.7. The summed E-state index contributed by atoms with van der Waals surface area (Å²) in [5.74, 6) is -2.99. The lowest BCUT2D eigenvalue weighted by Gasteiger charge is -2.20. The van der Waals surface area contributed by atoms with E-state index in [1.165, 1.54) is 19.1 Å².